The molecule has 0 aliphatic heterocycles. The van der Waals surface area contributed by atoms with E-state index in [1.54, 1.807) is 21.3 Å². The number of hydrogen-bond donors (Lipinski definition) is 2. The van der Waals surface area contributed by atoms with Gasteiger partial charge in [0.2, 0.25) is 0 Å². The van der Waals surface area contributed by atoms with Gasteiger partial charge in [-0.3, -0.25) is 0 Å². The van der Waals surface area contributed by atoms with E-state index in [1.165, 1.54) is 11.1 Å². The third-order valence-corrected chi connectivity index (χ3v) is 6.87. The van der Waals surface area contributed by atoms with Gasteiger partial charge < -0.3 is 23.9 Å². The fourth-order valence-corrected chi connectivity index (χ4v) is 4.32. The topological polar surface area (TPSA) is 51.8 Å². The van der Waals surface area contributed by atoms with E-state index < -0.39 is 8.80 Å². The van der Waals surface area contributed by atoms with Crippen molar-refractivity contribution in [3.05, 3.63) is 42.0 Å². The molecule has 0 amide bonds. The van der Waals surface area contributed by atoms with Crippen LogP contribution in [0.3, 0.4) is 0 Å². The van der Waals surface area contributed by atoms with Gasteiger partial charge in [-0.2, -0.15) is 0 Å². The fraction of sp³-hybridized carbons (Fsp3) is 0.556. The molecule has 0 radical (unpaired) electrons. The third kappa shape index (κ3) is 6.84. The first-order valence-corrected chi connectivity index (χ1v) is 10.3. The zero-order chi connectivity index (χ0) is 17.8. The summed E-state index contributed by atoms with van der Waals surface area (Å²) in [5.41, 5.74) is 3.63. The Morgan fingerprint density at radius 1 is 1.00 bits per heavy atom. The Bertz CT molecular complexity index is 485. The average molecular weight is 353 g/mol. The van der Waals surface area contributed by atoms with Gasteiger partial charge in [-0.05, 0) is 31.0 Å². The van der Waals surface area contributed by atoms with Crippen molar-refractivity contribution in [3.8, 4) is 0 Å². The summed E-state index contributed by atoms with van der Waals surface area (Å²) in [6.45, 7) is 9.72. The first kappa shape index (κ1) is 21.0. The summed E-state index contributed by atoms with van der Waals surface area (Å²) < 4.78 is 16.2. The predicted octanol–water partition coefficient (Wildman–Crippen LogP) is 2.67. The molecular weight excluding hydrogens is 320 g/mol. The van der Waals surface area contributed by atoms with E-state index in [2.05, 4.69) is 41.5 Å². The van der Waals surface area contributed by atoms with Gasteiger partial charge in [-0.15, -0.1) is 0 Å². The van der Waals surface area contributed by atoms with Gasteiger partial charge in [-0.25, -0.2) is 0 Å². The zero-order valence-electron chi connectivity index (χ0n) is 15.5. The van der Waals surface area contributed by atoms with Crippen molar-refractivity contribution in [2.24, 2.45) is 0 Å². The molecule has 0 saturated carbocycles. The Kier molecular flexibility index (Phi) is 10.1. The smallest absolute Gasteiger partial charge is 0.377 e. The molecule has 0 spiro atoms. The highest BCUT2D eigenvalue weighted by molar-refractivity contribution is 6.60. The number of nitrogens with one attached hydrogen (secondary N) is 2. The zero-order valence-corrected chi connectivity index (χ0v) is 16.5. The molecule has 0 unspecified atom stereocenters. The Balaban J connectivity index is 2.16. The van der Waals surface area contributed by atoms with Gasteiger partial charge in [0, 0.05) is 47.0 Å². The lowest BCUT2D eigenvalue weighted by Gasteiger charge is -2.24. The van der Waals surface area contributed by atoms with E-state index in [0.717, 1.165) is 44.2 Å². The van der Waals surface area contributed by atoms with Gasteiger partial charge in [-0.1, -0.05) is 36.4 Å². The number of rotatable bonds is 13. The minimum Gasteiger partial charge on any atom is -0.377 e. The van der Waals surface area contributed by atoms with E-state index in [4.69, 9.17) is 13.3 Å². The molecule has 0 atom stereocenters. The molecule has 2 N–H and O–H groups in total. The van der Waals surface area contributed by atoms with E-state index in [0.29, 0.717) is 0 Å². The van der Waals surface area contributed by atoms with Crippen LogP contribution in [0.25, 0.3) is 5.57 Å². The van der Waals surface area contributed by atoms with Crippen LogP contribution < -0.4 is 10.6 Å². The van der Waals surface area contributed by atoms with Crippen molar-refractivity contribution in [2.75, 3.05) is 41.0 Å². The highest BCUT2D eigenvalue weighted by Crippen LogP contribution is 2.16. The van der Waals surface area contributed by atoms with Gasteiger partial charge in [0.1, 0.15) is 0 Å². The largest absolute Gasteiger partial charge is 0.500 e. The average Bonchev–Trinajstić information content (AvgIpc) is 2.61. The molecule has 0 saturated heterocycles. The molecule has 0 heterocycles. The molecule has 0 aliphatic carbocycles. The summed E-state index contributed by atoms with van der Waals surface area (Å²) in [7, 11) is 2.54. The summed E-state index contributed by atoms with van der Waals surface area (Å²) in [5.74, 6) is 0. The van der Waals surface area contributed by atoms with Crippen molar-refractivity contribution in [1.82, 2.24) is 10.6 Å². The standard InChI is InChI=1S/C18H32N2O3Si/c1-16(2)18-10-7-6-9-17(18)15-20-13-12-19-11-8-14-24(21-3,22-4)23-5/h6-7,9-10,19-20H,1,8,11-15H2,2-5H3. The third-order valence-electron chi connectivity index (χ3n) is 4.04. The fourth-order valence-electron chi connectivity index (χ4n) is 2.60. The SMILES string of the molecule is C=C(C)c1ccccc1CNCCNCCC[Si](OC)(OC)OC. The van der Waals surface area contributed by atoms with E-state index in [1.807, 2.05) is 6.92 Å². The first-order valence-electron chi connectivity index (χ1n) is 8.39. The maximum absolute atomic E-state index is 5.41. The molecule has 1 rings (SSSR count). The van der Waals surface area contributed by atoms with Crippen LogP contribution in [0.2, 0.25) is 6.04 Å². The van der Waals surface area contributed by atoms with Crippen LogP contribution in [0.15, 0.2) is 30.8 Å². The van der Waals surface area contributed by atoms with Gasteiger partial charge in [0.15, 0.2) is 0 Å². The van der Waals surface area contributed by atoms with Crippen LogP contribution in [0.1, 0.15) is 24.5 Å². The molecule has 0 aromatic heterocycles. The van der Waals surface area contributed by atoms with E-state index in [-0.39, 0.29) is 0 Å². The van der Waals surface area contributed by atoms with Gasteiger partial charge in [0.05, 0.1) is 0 Å². The van der Waals surface area contributed by atoms with Crippen molar-refractivity contribution in [1.29, 1.82) is 0 Å². The number of benzene rings is 1. The van der Waals surface area contributed by atoms with E-state index in [9.17, 15) is 0 Å². The Labute approximate surface area is 147 Å². The lowest BCUT2D eigenvalue weighted by molar-refractivity contribution is 0.123. The molecule has 0 fully saturated rings. The van der Waals surface area contributed by atoms with Crippen LogP contribution in [0, 0.1) is 0 Å². The molecule has 136 valence electrons. The molecular formula is C18H32N2O3Si. The van der Waals surface area contributed by atoms with Crippen LogP contribution in [-0.4, -0.2) is 49.8 Å². The highest BCUT2D eigenvalue weighted by Gasteiger charge is 2.36. The lowest BCUT2D eigenvalue weighted by atomic mass is 10.0. The molecule has 1 aromatic rings. The van der Waals surface area contributed by atoms with Gasteiger partial charge in [0.25, 0.3) is 0 Å². The molecule has 6 heteroatoms. The lowest BCUT2D eigenvalue weighted by Crippen LogP contribution is -2.43. The molecule has 0 bridgehead atoms. The minimum atomic E-state index is -2.42. The van der Waals surface area contributed by atoms with Crippen LogP contribution in [-0.2, 0) is 19.8 Å². The quantitative estimate of drug-likeness (QED) is 0.422. The van der Waals surface area contributed by atoms with Crippen molar-refractivity contribution >= 4 is 14.4 Å². The number of allylic oxidation sites excluding steroid dienone is 1. The van der Waals surface area contributed by atoms with Crippen molar-refractivity contribution in [3.63, 3.8) is 0 Å². The highest BCUT2D eigenvalue weighted by atomic mass is 28.4. The Morgan fingerprint density at radius 3 is 2.25 bits per heavy atom. The second kappa shape index (κ2) is 11.5. The summed E-state index contributed by atoms with van der Waals surface area (Å²) in [6.07, 6.45) is 0.972. The summed E-state index contributed by atoms with van der Waals surface area (Å²) in [5, 5.41) is 6.90. The summed E-state index contributed by atoms with van der Waals surface area (Å²) in [6, 6.07) is 9.21. The maximum atomic E-state index is 5.41. The second-order valence-corrected chi connectivity index (χ2v) is 8.85. The normalized spacial score (nSPS) is 11.7. The number of hydrogen-bond acceptors (Lipinski definition) is 5. The molecule has 5 nitrogen and oxygen atoms in total. The van der Waals surface area contributed by atoms with Gasteiger partial charge >= 0.3 is 8.80 Å². The molecule has 24 heavy (non-hydrogen) atoms. The second-order valence-electron chi connectivity index (χ2n) is 5.76. The Hall–Kier alpha value is -1.02. The summed E-state index contributed by atoms with van der Waals surface area (Å²) in [4.78, 5) is 0. The van der Waals surface area contributed by atoms with Crippen LogP contribution >= 0.6 is 0 Å². The van der Waals surface area contributed by atoms with Crippen LogP contribution in [0.5, 0.6) is 0 Å². The van der Waals surface area contributed by atoms with E-state index >= 15 is 0 Å². The van der Waals surface area contributed by atoms with Crippen molar-refractivity contribution in [2.45, 2.75) is 25.9 Å². The molecule has 0 aliphatic rings. The predicted molar refractivity (Wildman–Crippen MR) is 102 cm³/mol. The maximum Gasteiger partial charge on any atom is 0.500 e. The van der Waals surface area contributed by atoms with Crippen LogP contribution in [0.4, 0.5) is 0 Å². The monoisotopic (exact) mass is 352 g/mol. The summed E-state index contributed by atoms with van der Waals surface area (Å²) >= 11 is 0. The van der Waals surface area contributed by atoms with Crippen molar-refractivity contribution < 1.29 is 13.3 Å². The molecule has 1 aromatic carbocycles. The first-order chi connectivity index (χ1) is 11.6. The minimum absolute atomic E-state index is 0.822. The Morgan fingerprint density at radius 2 is 1.62 bits per heavy atom.